The molecule has 0 spiro atoms. The lowest BCUT2D eigenvalue weighted by molar-refractivity contribution is 0.353. The second kappa shape index (κ2) is 6.06. The highest BCUT2D eigenvalue weighted by Gasteiger charge is 2.18. The minimum absolute atomic E-state index is 0.234. The maximum Gasteiger partial charge on any atom is 0.261 e. The van der Waals surface area contributed by atoms with Gasteiger partial charge in [0.25, 0.3) is 10.0 Å². The van der Waals surface area contributed by atoms with Crippen LogP contribution in [0.25, 0.3) is 11.1 Å². The van der Waals surface area contributed by atoms with Gasteiger partial charge in [0.2, 0.25) is 0 Å². The predicted molar refractivity (Wildman–Crippen MR) is 96.6 cm³/mol. The number of fused-ring (bicyclic) bond motifs is 1. The molecule has 128 valence electrons. The fourth-order valence-corrected chi connectivity index (χ4v) is 4.15. The third-order valence-corrected chi connectivity index (χ3v) is 5.76. The number of hydrogen-bond acceptors (Lipinski definition) is 4. The molecule has 0 fully saturated rings. The molecular formula is C19H18N2O3S. The van der Waals surface area contributed by atoms with Crippen LogP contribution in [-0.4, -0.2) is 20.4 Å². The predicted octanol–water partition coefficient (Wildman–Crippen LogP) is 3.69. The highest BCUT2D eigenvalue weighted by molar-refractivity contribution is 7.92. The van der Waals surface area contributed by atoms with Gasteiger partial charge in [0.1, 0.15) is 0 Å². The van der Waals surface area contributed by atoms with Gasteiger partial charge >= 0.3 is 0 Å². The number of sulfonamides is 1. The quantitative estimate of drug-likeness (QED) is 0.776. The number of benzene rings is 2. The molecule has 0 bridgehead atoms. The van der Waals surface area contributed by atoms with Gasteiger partial charge in [0.15, 0.2) is 0 Å². The minimum Gasteiger partial charge on any atom is -0.472 e. The first kappa shape index (κ1) is 15.9. The summed E-state index contributed by atoms with van der Waals surface area (Å²) in [6.07, 6.45) is 3.22. The Bertz CT molecular complexity index is 994. The topological polar surface area (TPSA) is 62.6 Å². The van der Waals surface area contributed by atoms with Crippen LogP contribution in [0.15, 0.2) is 70.4 Å². The Morgan fingerprint density at radius 3 is 2.44 bits per heavy atom. The highest BCUT2D eigenvalue weighted by atomic mass is 32.2. The molecule has 1 aliphatic rings. The second-order valence-corrected chi connectivity index (χ2v) is 7.98. The monoisotopic (exact) mass is 354 g/mol. The van der Waals surface area contributed by atoms with Crippen molar-refractivity contribution < 1.29 is 12.8 Å². The Kier molecular flexibility index (Phi) is 3.86. The summed E-state index contributed by atoms with van der Waals surface area (Å²) in [5, 5.41) is 0. The van der Waals surface area contributed by atoms with Crippen LogP contribution in [0, 0.1) is 0 Å². The van der Waals surface area contributed by atoms with E-state index in [2.05, 4.69) is 9.62 Å². The van der Waals surface area contributed by atoms with Gasteiger partial charge in [-0.1, -0.05) is 18.2 Å². The van der Waals surface area contributed by atoms with Gasteiger partial charge in [-0.25, -0.2) is 8.42 Å². The first-order valence-electron chi connectivity index (χ1n) is 7.97. The molecule has 5 nitrogen and oxygen atoms in total. The number of furan rings is 1. The molecule has 1 aromatic heterocycles. The molecule has 0 radical (unpaired) electrons. The van der Waals surface area contributed by atoms with E-state index in [4.69, 9.17) is 4.42 Å². The Hall–Kier alpha value is -2.57. The van der Waals surface area contributed by atoms with Gasteiger partial charge in [-0.15, -0.1) is 0 Å². The van der Waals surface area contributed by atoms with Crippen LogP contribution in [-0.2, 0) is 23.1 Å². The van der Waals surface area contributed by atoms with Gasteiger partial charge in [0.05, 0.1) is 17.4 Å². The first-order valence-corrected chi connectivity index (χ1v) is 9.45. The van der Waals surface area contributed by atoms with Crippen molar-refractivity contribution in [3.63, 3.8) is 0 Å². The zero-order valence-electron chi connectivity index (χ0n) is 13.8. The minimum atomic E-state index is -3.62. The molecule has 0 saturated carbocycles. The van der Waals surface area contributed by atoms with Crippen LogP contribution in [0.2, 0.25) is 0 Å². The zero-order chi connectivity index (χ0) is 17.4. The van der Waals surface area contributed by atoms with E-state index in [1.807, 2.05) is 31.3 Å². The number of nitrogens with one attached hydrogen (secondary N) is 1. The zero-order valence-corrected chi connectivity index (χ0v) is 14.6. The average Bonchev–Trinajstić information content (AvgIpc) is 3.23. The summed E-state index contributed by atoms with van der Waals surface area (Å²) >= 11 is 0. The van der Waals surface area contributed by atoms with Crippen LogP contribution >= 0.6 is 0 Å². The molecular weight excluding hydrogens is 336 g/mol. The van der Waals surface area contributed by atoms with E-state index in [-0.39, 0.29) is 4.90 Å². The Morgan fingerprint density at radius 1 is 0.960 bits per heavy atom. The Labute approximate surface area is 146 Å². The SMILES string of the molecule is CN1Cc2ccc(NS(=O)(=O)c3ccc(-c4ccoc4)cc3)cc2C1. The summed E-state index contributed by atoms with van der Waals surface area (Å²) in [7, 11) is -1.57. The molecule has 6 heteroatoms. The molecule has 2 heterocycles. The smallest absolute Gasteiger partial charge is 0.261 e. The normalized spacial score (nSPS) is 14.4. The Morgan fingerprint density at radius 2 is 1.72 bits per heavy atom. The lowest BCUT2D eigenvalue weighted by Crippen LogP contribution is -2.13. The summed E-state index contributed by atoms with van der Waals surface area (Å²) in [5.74, 6) is 0. The third kappa shape index (κ3) is 3.18. The van der Waals surface area contributed by atoms with Crippen LogP contribution in [0.4, 0.5) is 5.69 Å². The van der Waals surface area contributed by atoms with E-state index in [1.165, 1.54) is 5.56 Å². The third-order valence-electron chi connectivity index (χ3n) is 4.36. The van der Waals surface area contributed by atoms with Crippen molar-refractivity contribution in [2.45, 2.75) is 18.0 Å². The van der Waals surface area contributed by atoms with Crippen molar-refractivity contribution in [2.75, 3.05) is 11.8 Å². The van der Waals surface area contributed by atoms with E-state index in [0.717, 1.165) is 29.8 Å². The Balaban J connectivity index is 1.57. The van der Waals surface area contributed by atoms with Gasteiger partial charge in [-0.05, 0) is 54.1 Å². The molecule has 0 saturated heterocycles. The molecule has 2 aromatic carbocycles. The summed E-state index contributed by atoms with van der Waals surface area (Å²) in [5.41, 5.74) is 4.83. The molecule has 0 unspecified atom stereocenters. The molecule has 4 rings (SSSR count). The summed E-state index contributed by atoms with van der Waals surface area (Å²) in [6, 6.07) is 14.3. The molecule has 0 aliphatic carbocycles. The van der Waals surface area contributed by atoms with Gasteiger partial charge < -0.3 is 4.42 Å². The van der Waals surface area contributed by atoms with E-state index < -0.39 is 10.0 Å². The van der Waals surface area contributed by atoms with Gasteiger partial charge in [-0.2, -0.15) is 0 Å². The number of nitrogens with zero attached hydrogens (tertiary/aromatic N) is 1. The van der Waals surface area contributed by atoms with Crippen molar-refractivity contribution in [3.05, 3.63) is 72.2 Å². The van der Waals surface area contributed by atoms with E-state index in [0.29, 0.717) is 5.69 Å². The van der Waals surface area contributed by atoms with E-state index in [9.17, 15) is 8.42 Å². The van der Waals surface area contributed by atoms with Crippen molar-refractivity contribution in [2.24, 2.45) is 0 Å². The lowest BCUT2D eigenvalue weighted by atomic mass is 10.1. The van der Waals surface area contributed by atoms with Gasteiger partial charge in [-0.3, -0.25) is 9.62 Å². The molecule has 1 N–H and O–H groups in total. The van der Waals surface area contributed by atoms with Crippen molar-refractivity contribution >= 4 is 15.7 Å². The largest absolute Gasteiger partial charge is 0.472 e. The standard InChI is InChI=1S/C19H18N2O3S/c1-21-11-15-2-5-18(10-17(15)12-21)20-25(22,23)19-6-3-14(4-7-19)16-8-9-24-13-16/h2-10,13,20H,11-12H2,1H3. The molecule has 3 aromatic rings. The summed E-state index contributed by atoms with van der Waals surface area (Å²) < 4.78 is 33.0. The van der Waals surface area contributed by atoms with Crippen molar-refractivity contribution in [1.82, 2.24) is 4.90 Å². The maximum atomic E-state index is 12.6. The molecule has 1 aliphatic heterocycles. The van der Waals surface area contributed by atoms with Crippen LogP contribution < -0.4 is 4.72 Å². The number of rotatable bonds is 4. The first-order chi connectivity index (χ1) is 12.0. The van der Waals surface area contributed by atoms with Crippen molar-refractivity contribution in [1.29, 1.82) is 0 Å². The van der Waals surface area contributed by atoms with Gasteiger partial charge in [0, 0.05) is 24.3 Å². The van der Waals surface area contributed by atoms with Crippen LogP contribution in [0.1, 0.15) is 11.1 Å². The maximum absolute atomic E-state index is 12.6. The fraction of sp³-hybridized carbons (Fsp3) is 0.158. The average molecular weight is 354 g/mol. The number of anilines is 1. The van der Waals surface area contributed by atoms with Crippen LogP contribution in [0.3, 0.4) is 0 Å². The van der Waals surface area contributed by atoms with E-state index >= 15 is 0 Å². The van der Waals surface area contributed by atoms with E-state index in [1.54, 1.807) is 36.8 Å². The van der Waals surface area contributed by atoms with Crippen LogP contribution in [0.5, 0.6) is 0 Å². The summed E-state index contributed by atoms with van der Waals surface area (Å²) in [4.78, 5) is 2.43. The second-order valence-electron chi connectivity index (χ2n) is 6.30. The van der Waals surface area contributed by atoms with Crippen molar-refractivity contribution in [3.8, 4) is 11.1 Å². The molecule has 0 atom stereocenters. The fourth-order valence-electron chi connectivity index (χ4n) is 3.10. The molecule has 0 amide bonds. The highest BCUT2D eigenvalue weighted by Crippen LogP contribution is 2.27. The molecule has 25 heavy (non-hydrogen) atoms. The summed E-state index contributed by atoms with van der Waals surface area (Å²) in [6.45, 7) is 1.74. The lowest BCUT2D eigenvalue weighted by Gasteiger charge is -2.10. The number of hydrogen-bond donors (Lipinski definition) is 1.